The molecule has 3 aromatic heterocycles. The molecule has 0 bridgehead atoms. The maximum atomic E-state index is 11.8. The van der Waals surface area contributed by atoms with Crippen molar-refractivity contribution in [3.63, 3.8) is 0 Å². The van der Waals surface area contributed by atoms with E-state index >= 15 is 0 Å². The molecule has 1 aliphatic carbocycles. The number of fused-ring (bicyclic) bond motifs is 1. The Morgan fingerprint density at radius 1 is 1.14 bits per heavy atom. The van der Waals surface area contributed by atoms with Crippen molar-refractivity contribution in [3.8, 4) is 11.1 Å². The van der Waals surface area contributed by atoms with Crippen LogP contribution in [0, 0.1) is 0 Å². The zero-order valence-corrected chi connectivity index (χ0v) is 17.0. The van der Waals surface area contributed by atoms with Crippen molar-refractivity contribution in [2.75, 3.05) is 11.6 Å². The van der Waals surface area contributed by atoms with Crippen molar-refractivity contribution in [1.82, 2.24) is 19.7 Å². The van der Waals surface area contributed by atoms with E-state index in [0.717, 1.165) is 47.8 Å². The first-order valence-corrected chi connectivity index (χ1v) is 11.5. The predicted molar refractivity (Wildman–Crippen MR) is 112 cm³/mol. The molecular weight excluding hydrogens is 398 g/mol. The van der Waals surface area contributed by atoms with Gasteiger partial charge >= 0.3 is 0 Å². The quantitative estimate of drug-likeness (QED) is 0.549. The second kappa shape index (κ2) is 7.69. The number of aromatic amines is 1. The average Bonchev–Trinajstić information content (AvgIpc) is 3.06. The highest BCUT2D eigenvalue weighted by Gasteiger charge is 2.28. The van der Waals surface area contributed by atoms with E-state index in [1.165, 1.54) is 6.26 Å². The van der Waals surface area contributed by atoms with Gasteiger partial charge < -0.3 is 10.3 Å². The molecule has 9 heteroatoms. The van der Waals surface area contributed by atoms with Gasteiger partial charge in [0.1, 0.15) is 16.6 Å². The fourth-order valence-electron chi connectivity index (χ4n) is 3.84. The highest BCUT2D eigenvalue weighted by molar-refractivity contribution is 7.88. The molecule has 1 saturated carbocycles. The van der Waals surface area contributed by atoms with Gasteiger partial charge in [0.2, 0.25) is 10.0 Å². The third-order valence-corrected chi connectivity index (χ3v) is 6.00. The smallest absolute Gasteiger partial charge is 0.209 e. The average molecular weight is 420 g/mol. The number of pyridine rings is 2. The number of hydrogen-bond donors (Lipinski definition) is 3. The minimum absolute atomic E-state index is 0.0588. The van der Waals surface area contributed by atoms with Crippen molar-refractivity contribution in [2.24, 2.45) is 0 Å². The summed E-state index contributed by atoms with van der Waals surface area (Å²) >= 11 is 6.17. The third kappa shape index (κ3) is 4.14. The van der Waals surface area contributed by atoms with E-state index in [-0.39, 0.29) is 12.1 Å². The molecule has 1 aliphatic rings. The van der Waals surface area contributed by atoms with Gasteiger partial charge in [0.15, 0.2) is 0 Å². The monoisotopic (exact) mass is 419 g/mol. The van der Waals surface area contributed by atoms with Gasteiger partial charge in [-0.3, -0.25) is 0 Å². The molecule has 0 aliphatic heterocycles. The van der Waals surface area contributed by atoms with E-state index in [4.69, 9.17) is 11.6 Å². The van der Waals surface area contributed by atoms with Crippen LogP contribution in [0.15, 0.2) is 36.7 Å². The van der Waals surface area contributed by atoms with Crippen LogP contribution in [-0.2, 0) is 10.0 Å². The fourth-order valence-corrected chi connectivity index (χ4v) is 4.82. The van der Waals surface area contributed by atoms with E-state index in [9.17, 15) is 8.42 Å². The summed E-state index contributed by atoms with van der Waals surface area (Å²) in [5.41, 5.74) is 2.67. The van der Waals surface area contributed by atoms with Crippen molar-refractivity contribution < 1.29 is 8.42 Å². The molecule has 0 spiro atoms. The largest absolute Gasteiger partial charge is 0.365 e. The molecule has 28 heavy (non-hydrogen) atoms. The van der Waals surface area contributed by atoms with Crippen LogP contribution < -0.4 is 10.0 Å². The summed E-state index contributed by atoms with van der Waals surface area (Å²) in [7, 11) is -3.29. The number of hydrogen-bond acceptors (Lipinski definition) is 5. The lowest BCUT2D eigenvalue weighted by molar-refractivity contribution is 0.379. The summed E-state index contributed by atoms with van der Waals surface area (Å²) in [6.45, 7) is 0. The standard InChI is InChI=1S/C19H22ClN5O2S/c1-28(26,27)25-16-7-3-2-6-15(16)23-19-13(8-9-17(20)24-19)14-11-22-18-12(14)5-4-10-21-18/h4-5,8-11,15-16,25H,2-3,6-7H2,1H3,(H,21,22)(H,23,24)/t15-,16+/m1/s1. The fraction of sp³-hybridized carbons (Fsp3) is 0.368. The number of rotatable bonds is 5. The molecule has 0 radical (unpaired) electrons. The molecule has 3 heterocycles. The molecule has 0 amide bonds. The summed E-state index contributed by atoms with van der Waals surface area (Å²) in [4.78, 5) is 12.0. The molecule has 0 aromatic carbocycles. The van der Waals surface area contributed by atoms with Crippen LogP contribution in [0.5, 0.6) is 0 Å². The van der Waals surface area contributed by atoms with E-state index < -0.39 is 10.0 Å². The first-order valence-electron chi connectivity index (χ1n) is 9.23. The summed E-state index contributed by atoms with van der Waals surface area (Å²) in [6, 6.07) is 7.34. The first-order chi connectivity index (χ1) is 13.4. The Morgan fingerprint density at radius 2 is 1.93 bits per heavy atom. The maximum Gasteiger partial charge on any atom is 0.209 e. The molecular formula is C19H22ClN5O2S. The van der Waals surface area contributed by atoms with Gasteiger partial charge in [-0.1, -0.05) is 24.4 Å². The van der Waals surface area contributed by atoms with Gasteiger partial charge in [-0.05, 0) is 37.1 Å². The normalized spacial score (nSPS) is 20.4. The zero-order chi connectivity index (χ0) is 19.7. The van der Waals surface area contributed by atoms with Crippen LogP contribution in [0.3, 0.4) is 0 Å². The maximum absolute atomic E-state index is 11.8. The molecule has 7 nitrogen and oxygen atoms in total. The molecule has 2 atom stereocenters. The number of aromatic nitrogens is 3. The lowest BCUT2D eigenvalue weighted by Crippen LogP contribution is -2.48. The Labute approximate surface area is 169 Å². The van der Waals surface area contributed by atoms with Crippen molar-refractivity contribution in [2.45, 2.75) is 37.8 Å². The van der Waals surface area contributed by atoms with Crippen LogP contribution in [0.2, 0.25) is 5.15 Å². The second-order valence-corrected chi connectivity index (χ2v) is 9.33. The van der Waals surface area contributed by atoms with Crippen molar-refractivity contribution >= 4 is 38.5 Å². The lowest BCUT2D eigenvalue weighted by Gasteiger charge is -2.33. The minimum Gasteiger partial charge on any atom is -0.365 e. The number of H-pyrrole nitrogens is 1. The third-order valence-electron chi connectivity index (χ3n) is 5.06. The van der Waals surface area contributed by atoms with Gasteiger partial charge in [0.05, 0.1) is 6.26 Å². The Kier molecular flexibility index (Phi) is 5.27. The topological polar surface area (TPSA) is 99.8 Å². The Morgan fingerprint density at radius 3 is 2.71 bits per heavy atom. The van der Waals surface area contributed by atoms with E-state index in [1.54, 1.807) is 12.3 Å². The Balaban J connectivity index is 1.70. The Hall–Kier alpha value is -2.16. The first kappa shape index (κ1) is 19.2. The van der Waals surface area contributed by atoms with Crippen LogP contribution in [0.4, 0.5) is 5.82 Å². The van der Waals surface area contributed by atoms with Crippen LogP contribution >= 0.6 is 11.6 Å². The SMILES string of the molecule is CS(=O)(=O)N[C@H]1CCCC[C@H]1Nc1nc(Cl)ccc1-c1c[nH]c2ncccc12. The van der Waals surface area contributed by atoms with Gasteiger partial charge in [-0.25, -0.2) is 23.1 Å². The summed E-state index contributed by atoms with van der Waals surface area (Å²) in [5, 5.41) is 4.83. The van der Waals surface area contributed by atoms with Crippen molar-refractivity contribution in [1.29, 1.82) is 0 Å². The number of nitrogens with zero attached hydrogens (tertiary/aromatic N) is 2. The Bertz CT molecular complexity index is 1100. The summed E-state index contributed by atoms with van der Waals surface area (Å²) in [6.07, 6.45) is 8.52. The van der Waals surface area contributed by atoms with Gasteiger partial charge in [-0.2, -0.15) is 0 Å². The molecule has 4 rings (SSSR count). The minimum atomic E-state index is -3.29. The number of halogens is 1. The molecule has 1 fully saturated rings. The van der Waals surface area contributed by atoms with Crippen LogP contribution in [-0.4, -0.2) is 41.7 Å². The van der Waals surface area contributed by atoms with Crippen molar-refractivity contribution in [3.05, 3.63) is 41.8 Å². The van der Waals surface area contributed by atoms with E-state index in [1.807, 2.05) is 24.4 Å². The highest BCUT2D eigenvalue weighted by atomic mass is 35.5. The van der Waals surface area contributed by atoms with Crippen LogP contribution in [0.1, 0.15) is 25.7 Å². The molecule has 0 unspecified atom stereocenters. The number of nitrogens with one attached hydrogen (secondary N) is 3. The lowest BCUT2D eigenvalue weighted by atomic mass is 9.91. The zero-order valence-electron chi connectivity index (χ0n) is 15.4. The predicted octanol–water partition coefficient (Wildman–Crippen LogP) is 3.55. The molecule has 0 saturated heterocycles. The van der Waals surface area contributed by atoms with Gasteiger partial charge in [0, 0.05) is 41.0 Å². The van der Waals surface area contributed by atoms with E-state index in [0.29, 0.717) is 11.0 Å². The van der Waals surface area contributed by atoms with E-state index in [2.05, 4.69) is 25.0 Å². The number of sulfonamides is 1. The molecule has 3 N–H and O–H groups in total. The molecule has 3 aromatic rings. The van der Waals surface area contributed by atoms with Crippen LogP contribution in [0.25, 0.3) is 22.2 Å². The van der Waals surface area contributed by atoms with Gasteiger partial charge in [-0.15, -0.1) is 0 Å². The number of anilines is 1. The second-order valence-electron chi connectivity index (χ2n) is 7.16. The molecule has 148 valence electrons. The highest BCUT2D eigenvalue weighted by Crippen LogP contribution is 2.34. The summed E-state index contributed by atoms with van der Waals surface area (Å²) < 4.78 is 26.3. The summed E-state index contributed by atoms with van der Waals surface area (Å²) in [5.74, 6) is 0.643. The van der Waals surface area contributed by atoms with Gasteiger partial charge in [0.25, 0.3) is 0 Å².